The topological polar surface area (TPSA) is 52.6 Å². The molecule has 0 atom stereocenters. The molecule has 0 aliphatic heterocycles. The van der Waals surface area contributed by atoms with Crippen molar-refractivity contribution < 1.29 is 19.1 Å². The number of carbonyl (C=O) groups excluding carboxylic acids is 2. The summed E-state index contributed by atoms with van der Waals surface area (Å²) in [6, 6.07) is 0. The van der Waals surface area contributed by atoms with Gasteiger partial charge in [0.25, 0.3) is 0 Å². The number of hydrogen-bond acceptors (Lipinski definition) is 4. The number of allylic oxidation sites excluding steroid dienone is 6. The second-order valence-electron chi connectivity index (χ2n) is 6.81. The molecule has 0 saturated heterocycles. The van der Waals surface area contributed by atoms with Crippen LogP contribution in [-0.4, -0.2) is 26.2 Å². The standard InChI is InChI=1S/C22H34O4/c1-25-21(23)16-10-4-8-14-20(18-19-12-6-3-7-13-19)15-9-5-11-17-22(24)26-2/h8-9,14-15,18-19H,3-7,10-13,16-17H2,1-2H3/b14-8+,15-9+. The van der Waals surface area contributed by atoms with E-state index >= 15 is 0 Å². The van der Waals surface area contributed by atoms with Crippen molar-refractivity contribution in [2.45, 2.75) is 70.6 Å². The molecule has 0 aromatic heterocycles. The fourth-order valence-corrected chi connectivity index (χ4v) is 3.11. The lowest BCUT2D eigenvalue weighted by molar-refractivity contribution is -0.141. The van der Waals surface area contributed by atoms with Crippen LogP contribution in [0.4, 0.5) is 0 Å². The zero-order valence-corrected chi connectivity index (χ0v) is 16.4. The highest BCUT2D eigenvalue weighted by Crippen LogP contribution is 2.26. The average Bonchev–Trinajstić information content (AvgIpc) is 2.67. The first-order valence-corrected chi connectivity index (χ1v) is 9.84. The molecule has 4 nitrogen and oxygen atoms in total. The van der Waals surface area contributed by atoms with Crippen molar-refractivity contribution >= 4 is 11.9 Å². The summed E-state index contributed by atoms with van der Waals surface area (Å²) in [6.45, 7) is 0. The number of unbranched alkanes of at least 4 members (excludes halogenated alkanes) is 2. The largest absolute Gasteiger partial charge is 0.469 e. The van der Waals surface area contributed by atoms with Gasteiger partial charge < -0.3 is 9.47 Å². The van der Waals surface area contributed by atoms with Crippen LogP contribution < -0.4 is 0 Å². The van der Waals surface area contributed by atoms with Gasteiger partial charge in [-0.3, -0.25) is 9.59 Å². The number of methoxy groups -OCH3 is 2. The highest BCUT2D eigenvalue weighted by atomic mass is 16.5. The molecule has 146 valence electrons. The third kappa shape index (κ3) is 10.9. The summed E-state index contributed by atoms with van der Waals surface area (Å²) < 4.78 is 9.32. The van der Waals surface area contributed by atoms with Crippen molar-refractivity contribution in [3.8, 4) is 0 Å². The zero-order valence-electron chi connectivity index (χ0n) is 16.4. The monoisotopic (exact) mass is 362 g/mol. The van der Waals surface area contributed by atoms with E-state index in [9.17, 15) is 9.59 Å². The smallest absolute Gasteiger partial charge is 0.305 e. The molecule has 0 aromatic carbocycles. The van der Waals surface area contributed by atoms with E-state index in [4.69, 9.17) is 0 Å². The first kappa shape index (κ1) is 22.2. The lowest BCUT2D eigenvalue weighted by atomic mass is 9.87. The number of carbonyl (C=O) groups is 2. The molecule has 0 heterocycles. The Morgan fingerprint density at radius 1 is 0.846 bits per heavy atom. The fourth-order valence-electron chi connectivity index (χ4n) is 3.11. The van der Waals surface area contributed by atoms with Crippen LogP contribution in [0.25, 0.3) is 0 Å². The summed E-state index contributed by atoms with van der Waals surface area (Å²) in [5, 5.41) is 0. The Morgan fingerprint density at radius 3 is 1.81 bits per heavy atom. The molecule has 26 heavy (non-hydrogen) atoms. The summed E-state index contributed by atoms with van der Waals surface area (Å²) in [5.74, 6) is 0.363. The van der Waals surface area contributed by atoms with Crippen LogP contribution in [0.5, 0.6) is 0 Å². The minimum absolute atomic E-state index is 0.151. The van der Waals surface area contributed by atoms with Gasteiger partial charge in [-0.05, 0) is 50.0 Å². The van der Waals surface area contributed by atoms with Crippen molar-refractivity contribution in [2.75, 3.05) is 14.2 Å². The van der Waals surface area contributed by atoms with Gasteiger partial charge in [0.15, 0.2) is 0 Å². The maximum absolute atomic E-state index is 11.1. The SMILES string of the molecule is COC(=O)CCC/C=C/C(=CC1CCCCC1)/C=C/CCCC(=O)OC. The van der Waals surface area contributed by atoms with E-state index in [1.807, 2.05) is 0 Å². The van der Waals surface area contributed by atoms with Gasteiger partial charge in [-0.15, -0.1) is 0 Å². The molecule has 4 heteroatoms. The molecule has 1 aliphatic carbocycles. The normalized spacial score (nSPS) is 15.3. The van der Waals surface area contributed by atoms with E-state index in [1.165, 1.54) is 51.9 Å². The predicted molar refractivity (Wildman–Crippen MR) is 105 cm³/mol. The summed E-state index contributed by atoms with van der Waals surface area (Å²) in [6.07, 6.45) is 21.8. The first-order chi connectivity index (χ1) is 12.7. The van der Waals surface area contributed by atoms with Crippen LogP contribution in [0.15, 0.2) is 36.0 Å². The molecular formula is C22H34O4. The maximum Gasteiger partial charge on any atom is 0.305 e. The first-order valence-electron chi connectivity index (χ1n) is 9.84. The molecular weight excluding hydrogens is 328 g/mol. The van der Waals surface area contributed by atoms with E-state index in [0.29, 0.717) is 18.8 Å². The summed E-state index contributed by atoms with van der Waals surface area (Å²) in [4.78, 5) is 22.3. The lowest BCUT2D eigenvalue weighted by Gasteiger charge is -2.18. The van der Waals surface area contributed by atoms with Crippen LogP contribution in [0.1, 0.15) is 70.6 Å². The number of ether oxygens (including phenoxy) is 2. The van der Waals surface area contributed by atoms with E-state index < -0.39 is 0 Å². The van der Waals surface area contributed by atoms with Crippen LogP contribution in [0.2, 0.25) is 0 Å². The molecule has 0 amide bonds. The molecule has 0 aromatic rings. The van der Waals surface area contributed by atoms with Crippen LogP contribution in [-0.2, 0) is 19.1 Å². The van der Waals surface area contributed by atoms with E-state index in [2.05, 4.69) is 39.9 Å². The molecule has 0 N–H and O–H groups in total. The highest BCUT2D eigenvalue weighted by Gasteiger charge is 2.10. The van der Waals surface area contributed by atoms with Crippen molar-refractivity contribution in [1.29, 1.82) is 0 Å². The Balaban J connectivity index is 2.50. The average molecular weight is 363 g/mol. The Bertz CT molecular complexity index is 462. The van der Waals surface area contributed by atoms with Gasteiger partial charge in [0, 0.05) is 12.8 Å². The van der Waals surface area contributed by atoms with Gasteiger partial charge >= 0.3 is 11.9 Å². The molecule has 0 spiro atoms. The second kappa shape index (κ2) is 14.3. The minimum atomic E-state index is -0.151. The fraction of sp³-hybridized carbons (Fsp3) is 0.636. The number of rotatable bonds is 11. The van der Waals surface area contributed by atoms with Gasteiger partial charge in [0.1, 0.15) is 0 Å². The van der Waals surface area contributed by atoms with Gasteiger partial charge in [0.2, 0.25) is 0 Å². The van der Waals surface area contributed by atoms with E-state index in [0.717, 1.165) is 25.7 Å². The lowest BCUT2D eigenvalue weighted by Crippen LogP contribution is -2.03. The van der Waals surface area contributed by atoms with Gasteiger partial charge in [-0.1, -0.05) is 49.6 Å². The number of esters is 2. The van der Waals surface area contributed by atoms with E-state index in [1.54, 1.807) is 0 Å². The Morgan fingerprint density at radius 2 is 1.35 bits per heavy atom. The maximum atomic E-state index is 11.1. The molecule has 0 radical (unpaired) electrons. The molecule has 0 unspecified atom stereocenters. The van der Waals surface area contributed by atoms with Crippen LogP contribution >= 0.6 is 0 Å². The molecule has 1 aliphatic rings. The summed E-state index contributed by atoms with van der Waals surface area (Å²) in [7, 11) is 2.85. The molecule has 0 bridgehead atoms. The van der Waals surface area contributed by atoms with Gasteiger partial charge in [-0.2, -0.15) is 0 Å². The molecule has 1 rings (SSSR count). The zero-order chi connectivity index (χ0) is 19.0. The molecule has 1 fully saturated rings. The Labute approximate surface area is 158 Å². The second-order valence-corrected chi connectivity index (χ2v) is 6.81. The summed E-state index contributed by atoms with van der Waals surface area (Å²) >= 11 is 0. The van der Waals surface area contributed by atoms with Gasteiger partial charge in [0.05, 0.1) is 14.2 Å². The van der Waals surface area contributed by atoms with Crippen molar-refractivity contribution in [3.63, 3.8) is 0 Å². The predicted octanol–water partition coefficient (Wildman–Crippen LogP) is 5.29. The highest BCUT2D eigenvalue weighted by molar-refractivity contribution is 5.69. The van der Waals surface area contributed by atoms with Crippen LogP contribution in [0.3, 0.4) is 0 Å². The van der Waals surface area contributed by atoms with Crippen LogP contribution in [0, 0.1) is 5.92 Å². The quantitative estimate of drug-likeness (QED) is 0.285. The minimum Gasteiger partial charge on any atom is -0.469 e. The summed E-state index contributed by atoms with van der Waals surface area (Å²) in [5.41, 5.74) is 1.23. The number of hydrogen-bond donors (Lipinski definition) is 0. The third-order valence-corrected chi connectivity index (χ3v) is 4.66. The molecule has 1 saturated carbocycles. The van der Waals surface area contributed by atoms with Crippen molar-refractivity contribution in [1.82, 2.24) is 0 Å². The van der Waals surface area contributed by atoms with Gasteiger partial charge in [-0.25, -0.2) is 0 Å². The van der Waals surface area contributed by atoms with Crippen molar-refractivity contribution in [3.05, 3.63) is 36.0 Å². The third-order valence-electron chi connectivity index (χ3n) is 4.66. The Hall–Kier alpha value is -1.84. The van der Waals surface area contributed by atoms with Crippen molar-refractivity contribution in [2.24, 2.45) is 5.92 Å². The van der Waals surface area contributed by atoms with E-state index in [-0.39, 0.29) is 11.9 Å². The Kier molecular flexibility index (Phi) is 12.2.